The van der Waals surface area contributed by atoms with Gasteiger partial charge in [0.2, 0.25) is 0 Å². The van der Waals surface area contributed by atoms with Gasteiger partial charge in [0, 0.05) is 5.56 Å². The number of hydrogen-bond acceptors (Lipinski definition) is 7. The van der Waals surface area contributed by atoms with Crippen molar-refractivity contribution in [3.8, 4) is 0 Å². The van der Waals surface area contributed by atoms with E-state index in [-0.39, 0.29) is 12.4 Å². The van der Waals surface area contributed by atoms with Crippen LogP contribution in [0.5, 0.6) is 0 Å². The first kappa shape index (κ1) is 16.0. The molecule has 0 saturated carbocycles. The molecule has 0 unspecified atom stereocenters. The number of Topliss-reactive ketones (excluding diaryl/α,β-unsaturated/α-hetero) is 1. The zero-order valence-corrected chi connectivity index (χ0v) is 11.2. The Balaban J connectivity index is 1.94. The summed E-state index contributed by atoms with van der Waals surface area (Å²) in [6, 6.07) is 8.44. The summed E-state index contributed by atoms with van der Waals surface area (Å²) in [5.74, 6) is -0.312. The van der Waals surface area contributed by atoms with Crippen LogP contribution < -0.4 is 0 Å². The van der Waals surface area contributed by atoms with Gasteiger partial charge in [-0.25, -0.2) is 0 Å². The second-order valence-electron chi connectivity index (χ2n) is 4.80. The smallest absolute Gasteiger partial charge is 0.188 e. The second-order valence-corrected chi connectivity index (χ2v) is 4.80. The number of ketones is 1. The lowest BCUT2D eigenvalue weighted by molar-refractivity contribution is -0.298. The topological polar surface area (TPSA) is 116 Å². The Bertz CT molecular complexity index is 462. The molecule has 1 fully saturated rings. The molecule has 1 aliphatic rings. The van der Waals surface area contributed by atoms with E-state index in [1.807, 2.05) is 0 Å². The predicted molar refractivity (Wildman–Crippen MR) is 70.5 cm³/mol. The lowest BCUT2D eigenvalue weighted by atomic mass is 9.99. The first-order valence-corrected chi connectivity index (χ1v) is 6.55. The van der Waals surface area contributed by atoms with Crippen molar-refractivity contribution in [1.29, 1.82) is 0 Å². The standard InChI is InChI=1S/C14H18O7/c15-6-10-11(17)12(18)13(19)14(21-10)20-7-9(16)8-4-2-1-3-5-8/h1-5,10-15,17-19H,6-7H2/t10-,11-,12+,13-,14-/m1/s1. The fourth-order valence-corrected chi connectivity index (χ4v) is 2.07. The van der Waals surface area contributed by atoms with Gasteiger partial charge in [-0.05, 0) is 0 Å². The molecule has 5 atom stereocenters. The molecule has 1 heterocycles. The third-order valence-electron chi connectivity index (χ3n) is 3.32. The molecule has 1 saturated heterocycles. The fraction of sp³-hybridized carbons (Fsp3) is 0.500. The molecular formula is C14H18O7. The molecule has 2 rings (SSSR count). The van der Waals surface area contributed by atoms with Crippen LogP contribution in [0.25, 0.3) is 0 Å². The van der Waals surface area contributed by atoms with Crippen LogP contribution in [0.1, 0.15) is 10.4 Å². The average Bonchev–Trinajstić information content (AvgIpc) is 2.52. The van der Waals surface area contributed by atoms with Crippen molar-refractivity contribution in [2.45, 2.75) is 30.7 Å². The van der Waals surface area contributed by atoms with Gasteiger partial charge >= 0.3 is 0 Å². The van der Waals surface area contributed by atoms with Gasteiger partial charge in [-0.2, -0.15) is 0 Å². The Morgan fingerprint density at radius 2 is 1.76 bits per heavy atom. The van der Waals surface area contributed by atoms with E-state index in [0.717, 1.165) is 0 Å². The van der Waals surface area contributed by atoms with Gasteiger partial charge in [0.1, 0.15) is 31.0 Å². The van der Waals surface area contributed by atoms with Crippen molar-refractivity contribution in [1.82, 2.24) is 0 Å². The highest BCUT2D eigenvalue weighted by Gasteiger charge is 2.44. The normalized spacial score (nSPS) is 32.9. The van der Waals surface area contributed by atoms with Crippen molar-refractivity contribution in [3.63, 3.8) is 0 Å². The minimum atomic E-state index is -1.52. The maximum absolute atomic E-state index is 11.9. The van der Waals surface area contributed by atoms with Crippen molar-refractivity contribution in [2.24, 2.45) is 0 Å². The third kappa shape index (κ3) is 3.65. The summed E-state index contributed by atoms with van der Waals surface area (Å²) < 4.78 is 10.3. The summed E-state index contributed by atoms with van der Waals surface area (Å²) >= 11 is 0. The number of hydrogen-bond donors (Lipinski definition) is 4. The van der Waals surface area contributed by atoms with Crippen molar-refractivity contribution in [3.05, 3.63) is 35.9 Å². The Kier molecular flexibility index (Phi) is 5.40. The molecule has 4 N–H and O–H groups in total. The lowest BCUT2D eigenvalue weighted by Crippen LogP contribution is -2.59. The van der Waals surface area contributed by atoms with Crippen LogP contribution >= 0.6 is 0 Å². The van der Waals surface area contributed by atoms with E-state index in [9.17, 15) is 20.1 Å². The van der Waals surface area contributed by atoms with E-state index in [0.29, 0.717) is 5.56 Å². The molecule has 116 valence electrons. The van der Waals surface area contributed by atoms with Gasteiger partial charge in [0.05, 0.1) is 6.61 Å². The van der Waals surface area contributed by atoms with E-state index in [4.69, 9.17) is 14.6 Å². The number of aliphatic hydroxyl groups is 4. The maximum atomic E-state index is 11.9. The lowest BCUT2D eigenvalue weighted by Gasteiger charge is -2.39. The second kappa shape index (κ2) is 7.08. The highest BCUT2D eigenvalue weighted by atomic mass is 16.7. The molecule has 1 aromatic rings. The zero-order chi connectivity index (χ0) is 15.4. The third-order valence-corrected chi connectivity index (χ3v) is 3.32. The molecule has 1 aromatic carbocycles. The van der Waals surface area contributed by atoms with E-state index in [2.05, 4.69) is 0 Å². The highest BCUT2D eigenvalue weighted by Crippen LogP contribution is 2.22. The number of carbonyl (C=O) groups is 1. The number of ether oxygens (including phenoxy) is 2. The van der Waals surface area contributed by atoms with Gasteiger partial charge in [0.25, 0.3) is 0 Å². The van der Waals surface area contributed by atoms with Crippen LogP contribution in [-0.4, -0.2) is 70.1 Å². The summed E-state index contributed by atoms with van der Waals surface area (Å²) in [5.41, 5.74) is 0.446. The minimum absolute atomic E-state index is 0.312. The molecular weight excluding hydrogens is 280 g/mol. The van der Waals surface area contributed by atoms with E-state index >= 15 is 0 Å². The molecule has 1 aliphatic heterocycles. The Labute approximate surface area is 121 Å². The van der Waals surface area contributed by atoms with E-state index in [1.165, 1.54) is 0 Å². The molecule has 0 radical (unpaired) electrons. The van der Waals surface area contributed by atoms with Crippen molar-refractivity contribution in [2.75, 3.05) is 13.2 Å². The minimum Gasteiger partial charge on any atom is -0.394 e. The molecule has 7 nitrogen and oxygen atoms in total. The van der Waals surface area contributed by atoms with Crippen molar-refractivity contribution >= 4 is 5.78 Å². The fourth-order valence-electron chi connectivity index (χ4n) is 2.07. The summed E-state index contributed by atoms with van der Waals surface area (Å²) in [7, 11) is 0. The van der Waals surface area contributed by atoms with Crippen LogP contribution in [-0.2, 0) is 9.47 Å². The maximum Gasteiger partial charge on any atom is 0.188 e. The van der Waals surface area contributed by atoms with Gasteiger partial charge in [-0.1, -0.05) is 30.3 Å². The van der Waals surface area contributed by atoms with Crippen LogP contribution in [0, 0.1) is 0 Å². The molecule has 0 bridgehead atoms. The Hall–Kier alpha value is -1.35. The van der Waals surface area contributed by atoms with Crippen LogP contribution in [0.15, 0.2) is 30.3 Å². The average molecular weight is 298 g/mol. The van der Waals surface area contributed by atoms with Crippen LogP contribution in [0.2, 0.25) is 0 Å². The van der Waals surface area contributed by atoms with Gasteiger partial charge < -0.3 is 29.9 Å². The summed E-state index contributed by atoms with van der Waals surface area (Å²) in [6.07, 6.45) is -6.83. The number of aliphatic hydroxyl groups excluding tert-OH is 4. The quantitative estimate of drug-likeness (QED) is 0.498. The number of rotatable bonds is 5. The molecule has 7 heteroatoms. The largest absolute Gasteiger partial charge is 0.394 e. The summed E-state index contributed by atoms with van der Waals surface area (Å²) in [5, 5.41) is 38.0. The number of carbonyl (C=O) groups excluding carboxylic acids is 1. The monoisotopic (exact) mass is 298 g/mol. The van der Waals surface area contributed by atoms with Gasteiger partial charge in [-0.3, -0.25) is 4.79 Å². The Morgan fingerprint density at radius 3 is 2.38 bits per heavy atom. The van der Waals surface area contributed by atoms with Gasteiger partial charge in [0.15, 0.2) is 12.1 Å². The molecule has 21 heavy (non-hydrogen) atoms. The zero-order valence-electron chi connectivity index (χ0n) is 11.2. The van der Waals surface area contributed by atoms with Crippen molar-refractivity contribution < 1.29 is 34.7 Å². The molecule has 0 spiro atoms. The summed E-state index contributed by atoms with van der Waals surface area (Å²) in [4.78, 5) is 11.9. The van der Waals surface area contributed by atoms with Gasteiger partial charge in [-0.15, -0.1) is 0 Å². The van der Waals surface area contributed by atoms with Crippen LogP contribution in [0.4, 0.5) is 0 Å². The number of benzene rings is 1. The Morgan fingerprint density at radius 1 is 1.10 bits per heavy atom. The van der Waals surface area contributed by atoms with E-state index in [1.54, 1.807) is 30.3 Å². The van der Waals surface area contributed by atoms with E-state index < -0.39 is 37.3 Å². The summed E-state index contributed by atoms with van der Waals surface area (Å²) in [6.45, 7) is -0.899. The molecule has 0 amide bonds. The van der Waals surface area contributed by atoms with Crippen LogP contribution in [0.3, 0.4) is 0 Å². The predicted octanol–water partition coefficient (Wildman–Crippen LogP) is -1.31. The molecule has 0 aromatic heterocycles. The first-order chi connectivity index (χ1) is 10.0. The highest BCUT2D eigenvalue weighted by molar-refractivity contribution is 5.96. The molecule has 0 aliphatic carbocycles. The first-order valence-electron chi connectivity index (χ1n) is 6.55. The SMILES string of the molecule is O=C(CO[C@@H]1O[C@H](CO)[C@@H](O)[C@H](O)[C@H]1O)c1ccccc1.